The molecule has 21 heavy (non-hydrogen) atoms. The Balaban J connectivity index is 1.88. The summed E-state index contributed by atoms with van der Waals surface area (Å²) in [7, 11) is 0. The van der Waals surface area contributed by atoms with Gasteiger partial charge in [-0.15, -0.1) is 0 Å². The highest BCUT2D eigenvalue weighted by Gasteiger charge is 2.21. The Labute approximate surface area is 119 Å². The highest BCUT2D eigenvalue weighted by atomic mass is 19.1. The van der Waals surface area contributed by atoms with Gasteiger partial charge in [-0.05, 0) is 30.5 Å². The molecule has 1 amide bonds. The third-order valence-electron chi connectivity index (χ3n) is 3.35. The smallest absolute Gasteiger partial charge is 0.251 e. The van der Waals surface area contributed by atoms with E-state index in [2.05, 4.69) is 10.4 Å². The monoisotopic (exact) mass is 292 g/mol. The van der Waals surface area contributed by atoms with E-state index in [4.69, 9.17) is 5.73 Å². The van der Waals surface area contributed by atoms with Crippen molar-refractivity contribution in [3.05, 3.63) is 47.3 Å². The van der Waals surface area contributed by atoms with E-state index in [-0.39, 0.29) is 11.3 Å². The van der Waals surface area contributed by atoms with Crippen LogP contribution in [-0.2, 0) is 6.54 Å². The number of rotatable bonds is 5. The van der Waals surface area contributed by atoms with E-state index in [1.54, 1.807) is 0 Å². The normalized spacial score (nSPS) is 14.4. The lowest BCUT2D eigenvalue weighted by atomic mass is 10.2. The average molecular weight is 292 g/mol. The summed E-state index contributed by atoms with van der Waals surface area (Å²) in [5, 5.41) is 6.95. The molecule has 3 N–H and O–H groups in total. The highest BCUT2D eigenvalue weighted by Crippen LogP contribution is 2.22. The van der Waals surface area contributed by atoms with Crippen LogP contribution in [0.15, 0.2) is 24.5 Å². The van der Waals surface area contributed by atoms with Gasteiger partial charge in [0.05, 0.1) is 11.8 Å². The number of aromatic nitrogens is 2. The van der Waals surface area contributed by atoms with Crippen LogP contribution in [0, 0.1) is 11.6 Å². The van der Waals surface area contributed by atoms with Gasteiger partial charge < -0.3 is 11.1 Å². The minimum absolute atomic E-state index is 0.0910. The minimum Gasteiger partial charge on any atom is -0.366 e. The molecule has 7 heteroatoms. The predicted molar refractivity (Wildman–Crippen MR) is 71.9 cm³/mol. The number of hydrogen-bond donors (Lipinski definition) is 2. The van der Waals surface area contributed by atoms with E-state index >= 15 is 0 Å². The number of carbonyl (C=O) groups excluding carboxylic acids is 1. The molecule has 1 aromatic heterocycles. The summed E-state index contributed by atoms with van der Waals surface area (Å²) in [6.07, 6.45) is 4.58. The van der Waals surface area contributed by atoms with Crippen molar-refractivity contribution in [3.8, 4) is 5.69 Å². The molecular formula is C14H14F2N4O. The number of carbonyl (C=O) groups is 1. The maximum atomic E-state index is 14.1. The summed E-state index contributed by atoms with van der Waals surface area (Å²) in [5.41, 5.74) is 5.39. The largest absolute Gasteiger partial charge is 0.366 e. The fourth-order valence-corrected chi connectivity index (χ4v) is 2.06. The number of nitrogens with zero attached hydrogens (tertiary/aromatic N) is 2. The second kappa shape index (κ2) is 5.25. The van der Waals surface area contributed by atoms with E-state index in [1.807, 2.05) is 0 Å². The summed E-state index contributed by atoms with van der Waals surface area (Å²) in [5.74, 6) is -2.17. The van der Waals surface area contributed by atoms with Crippen LogP contribution in [0.25, 0.3) is 5.69 Å². The van der Waals surface area contributed by atoms with Crippen LogP contribution in [0.2, 0.25) is 0 Å². The van der Waals surface area contributed by atoms with Crippen molar-refractivity contribution in [1.82, 2.24) is 15.1 Å². The van der Waals surface area contributed by atoms with Crippen molar-refractivity contribution in [2.24, 2.45) is 5.73 Å². The van der Waals surface area contributed by atoms with E-state index in [1.165, 1.54) is 24.5 Å². The second-order valence-corrected chi connectivity index (χ2v) is 5.10. The molecule has 3 rings (SSSR count). The van der Waals surface area contributed by atoms with Crippen LogP contribution in [0.5, 0.6) is 0 Å². The van der Waals surface area contributed by atoms with Crippen molar-refractivity contribution in [2.45, 2.75) is 25.4 Å². The molecule has 0 aliphatic heterocycles. The minimum atomic E-state index is -0.735. The fraction of sp³-hybridized carbons (Fsp3) is 0.286. The standard InChI is InChI=1S/C14H14F2N4O/c15-11-3-8(5-18-10-1-2-10)4-12(16)13(11)20-7-9(6-19-20)14(17)21/h3-4,6-7,10,18H,1-2,5H2,(H2,17,21). The molecule has 0 bridgehead atoms. The van der Waals surface area contributed by atoms with Crippen LogP contribution < -0.4 is 11.1 Å². The maximum absolute atomic E-state index is 14.1. The zero-order chi connectivity index (χ0) is 15.0. The van der Waals surface area contributed by atoms with Crippen molar-refractivity contribution in [2.75, 3.05) is 0 Å². The van der Waals surface area contributed by atoms with Crippen molar-refractivity contribution in [3.63, 3.8) is 0 Å². The van der Waals surface area contributed by atoms with Gasteiger partial charge in [0, 0.05) is 18.8 Å². The third kappa shape index (κ3) is 2.92. The van der Waals surface area contributed by atoms with E-state index < -0.39 is 17.5 Å². The number of primary amides is 1. The quantitative estimate of drug-likeness (QED) is 0.877. The first-order chi connectivity index (χ1) is 10.0. The molecule has 0 unspecified atom stereocenters. The number of hydrogen-bond acceptors (Lipinski definition) is 3. The maximum Gasteiger partial charge on any atom is 0.251 e. The molecule has 0 saturated heterocycles. The lowest BCUT2D eigenvalue weighted by molar-refractivity contribution is 0.100. The molecule has 1 saturated carbocycles. The first-order valence-electron chi connectivity index (χ1n) is 6.61. The molecule has 0 atom stereocenters. The van der Waals surface area contributed by atoms with Gasteiger partial charge in [0.1, 0.15) is 5.69 Å². The summed E-state index contributed by atoms with van der Waals surface area (Å²) < 4.78 is 29.2. The van der Waals surface area contributed by atoms with Crippen LogP contribution in [0.4, 0.5) is 8.78 Å². The molecule has 110 valence electrons. The Morgan fingerprint density at radius 1 is 1.38 bits per heavy atom. The Morgan fingerprint density at radius 3 is 2.57 bits per heavy atom. The Hall–Kier alpha value is -2.28. The zero-order valence-corrected chi connectivity index (χ0v) is 11.1. The van der Waals surface area contributed by atoms with Gasteiger partial charge in [-0.25, -0.2) is 13.5 Å². The van der Waals surface area contributed by atoms with Crippen LogP contribution in [0.1, 0.15) is 28.8 Å². The number of benzene rings is 1. The molecule has 2 aromatic rings. The topological polar surface area (TPSA) is 72.9 Å². The van der Waals surface area contributed by atoms with Gasteiger partial charge in [-0.1, -0.05) is 0 Å². The van der Waals surface area contributed by atoms with Gasteiger partial charge in [-0.3, -0.25) is 4.79 Å². The Morgan fingerprint density at radius 2 is 2.05 bits per heavy atom. The molecule has 1 aliphatic carbocycles. The van der Waals surface area contributed by atoms with Gasteiger partial charge in [-0.2, -0.15) is 5.10 Å². The number of nitrogens with two attached hydrogens (primary N) is 1. The summed E-state index contributed by atoms with van der Waals surface area (Å²) in [6, 6.07) is 2.98. The summed E-state index contributed by atoms with van der Waals surface area (Å²) >= 11 is 0. The lowest BCUT2D eigenvalue weighted by Gasteiger charge is -2.09. The molecular weight excluding hydrogens is 278 g/mol. The van der Waals surface area contributed by atoms with Crippen LogP contribution >= 0.6 is 0 Å². The zero-order valence-electron chi connectivity index (χ0n) is 11.1. The highest BCUT2D eigenvalue weighted by molar-refractivity contribution is 5.92. The number of nitrogens with one attached hydrogen (secondary N) is 1. The molecule has 0 radical (unpaired) electrons. The molecule has 1 fully saturated rings. The number of halogens is 2. The van der Waals surface area contributed by atoms with Crippen molar-refractivity contribution >= 4 is 5.91 Å². The van der Waals surface area contributed by atoms with Gasteiger partial charge >= 0.3 is 0 Å². The molecule has 0 spiro atoms. The number of amides is 1. The Kier molecular flexibility index (Phi) is 3.42. The van der Waals surface area contributed by atoms with Crippen LogP contribution in [-0.4, -0.2) is 21.7 Å². The first-order valence-corrected chi connectivity index (χ1v) is 6.61. The van der Waals surface area contributed by atoms with E-state index in [0.717, 1.165) is 17.5 Å². The van der Waals surface area contributed by atoms with E-state index in [9.17, 15) is 13.6 Å². The first kappa shape index (κ1) is 13.7. The predicted octanol–water partition coefficient (Wildman–Crippen LogP) is 1.50. The summed E-state index contributed by atoms with van der Waals surface area (Å²) in [4.78, 5) is 11.0. The Bertz CT molecular complexity index is 671. The van der Waals surface area contributed by atoms with Crippen molar-refractivity contribution in [1.29, 1.82) is 0 Å². The van der Waals surface area contributed by atoms with Crippen LogP contribution in [0.3, 0.4) is 0 Å². The van der Waals surface area contributed by atoms with Gasteiger partial charge in [0.2, 0.25) is 0 Å². The molecule has 1 aromatic carbocycles. The SMILES string of the molecule is NC(=O)c1cnn(-c2c(F)cc(CNC3CC3)cc2F)c1. The average Bonchev–Trinajstić information content (AvgIpc) is 3.12. The molecule has 1 aliphatic rings. The fourth-order valence-electron chi connectivity index (χ4n) is 2.06. The van der Waals surface area contributed by atoms with Gasteiger partial charge in [0.25, 0.3) is 5.91 Å². The van der Waals surface area contributed by atoms with E-state index in [0.29, 0.717) is 18.2 Å². The lowest BCUT2D eigenvalue weighted by Crippen LogP contribution is -2.16. The van der Waals surface area contributed by atoms with Crippen molar-refractivity contribution < 1.29 is 13.6 Å². The second-order valence-electron chi connectivity index (χ2n) is 5.10. The molecule has 5 nitrogen and oxygen atoms in total. The summed E-state index contributed by atoms with van der Waals surface area (Å²) in [6.45, 7) is 0.421. The molecule has 1 heterocycles. The third-order valence-corrected chi connectivity index (χ3v) is 3.35. The van der Waals surface area contributed by atoms with Gasteiger partial charge in [0.15, 0.2) is 11.6 Å².